The summed E-state index contributed by atoms with van der Waals surface area (Å²) in [5.41, 5.74) is 9.60. The zero-order valence-corrected chi connectivity index (χ0v) is 29.6. The molecule has 45 heavy (non-hydrogen) atoms. The van der Waals surface area contributed by atoms with E-state index in [0.717, 1.165) is 44.5 Å². The van der Waals surface area contributed by atoms with Crippen molar-refractivity contribution in [3.63, 3.8) is 0 Å². The van der Waals surface area contributed by atoms with Crippen LogP contribution in [0, 0.1) is 12.1 Å². The second-order valence-electron chi connectivity index (χ2n) is 13.0. The molecule has 0 fully saturated rings. The minimum atomic E-state index is 0. The summed E-state index contributed by atoms with van der Waals surface area (Å²) in [6.07, 6.45) is 3.76. The van der Waals surface area contributed by atoms with Gasteiger partial charge >= 0.3 is 0 Å². The molecule has 3 aromatic carbocycles. The Labute approximate surface area is 283 Å². The number of furan rings is 1. The van der Waals surface area contributed by atoms with Gasteiger partial charge in [-0.3, -0.25) is 0 Å². The third-order valence-corrected chi connectivity index (χ3v) is 8.65. The van der Waals surface area contributed by atoms with Crippen LogP contribution in [0.4, 0.5) is 0 Å². The summed E-state index contributed by atoms with van der Waals surface area (Å²) in [7, 11) is 0. The minimum Gasteiger partial charge on any atom is -0.501 e. The molecule has 0 saturated heterocycles. The van der Waals surface area contributed by atoms with Crippen molar-refractivity contribution in [1.82, 2.24) is 9.97 Å². The maximum atomic E-state index is 6.09. The SMILES string of the molecule is CC(C)(C)c1ccnc(-c2[c-]ccc(-c3cccs3)c2)c1.CC(C)(C)c1ccnc(-c2[c-]ccc3c2oc2ccccc23)c1.[Ir]. The molecule has 0 aliphatic carbocycles. The molecule has 0 bridgehead atoms. The van der Waals surface area contributed by atoms with Crippen molar-refractivity contribution < 1.29 is 24.5 Å². The van der Waals surface area contributed by atoms with Gasteiger partial charge in [-0.1, -0.05) is 94.5 Å². The summed E-state index contributed by atoms with van der Waals surface area (Å²) >= 11 is 1.75. The first-order valence-electron chi connectivity index (χ1n) is 14.9. The molecule has 7 rings (SSSR count). The number of hydrogen-bond acceptors (Lipinski definition) is 4. The third kappa shape index (κ3) is 7.17. The molecule has 4 heterocycles. The maximum Gasteiger partial charge on any atom is 0.120 e. The number of fused-ring (bicyclic) bond motifs is 3. The molecule has 229 valence electrons. The molecule has 0 aliphatic heterocycles. The topological polar surface area (TPSA) is 38.9 Å². The Balaban J connectivity index is 0.000000175. The molecule has 0 aliphatic rings. The number of pyridine rings is 2. The van der Waals surface area contributed by atoms with Crippen LogP contribution in [0.1, 0.15) is 52.7 Å². The molecule has 0 saturated carbocycles. The normalized spacial score (nSPS) is 11.6. The molecule has 0 N–H and O–H groups in total. The molecule has 0 unspecified atom stereocenters. The van der Waals surface area contributed by atoms with Gasteiger partial charge in [-0.25, -0.2) is 0 Å². The predicted octanol–water partition coefficient (Wildman–Crippen LogP) is 11.3. The summed E-state index contributed by atoms with van der Waals surface area (Å²) in [6, 6.07) is 37.7. The van der Waals surface area contributed by atoms with E-state index >= 15 is 0 Å². The molecule has 0 spiro atoms. The summed E-state index contributed by atoms with van der Waals surface area (Å²) in [5.74, 6) is 0. The number of hydrogen-bond donors (Lipinski definition) is 0. The van der Waals surface area contributed by atoms with Gasteiger partial charge in [0.05, 0.1) is 5.58 Å². The van der Waals surface area contributed by atoms with Crippen LogP contribution in [-0.2, 0) is 30.9 Å². The van der Waals surface area contributed by atoms with Crippen molar-refractivity contribution in [1.29, 1.82) is 0 Å². The first-order chi connectivity index (χ1) is 21.1. The van der Waals surface area contributed by atoms with E-state index in [-0.39, 0.29) is 30.9 Å². The largest absolute Gasteiger partial charge is 0.501 e. The van der Waals surface area contributed by atoms with Gasteiger partial charge in [0.1, 0.15) is 5.58 Å². The van der Waals surface area contributed by atoms with E-state index in [1.54, 1.807) is 11.3 Å². The minimum absolute atomic E-state index is 0. The zero-order valence-electron chi connectivity index (χ0n) is 26.4. The number of nitrogens with zero attached hydrogens (tertiary/aromatic N) is 2. The van der Waals surface area contributed by atoms with Gasteiger partial charge in [-0.05, 0) is 63.0 Å². The Kier molecular flexibility index (Phi) is 9.55. The molecule has 0 atom stereocenters. The number of aromatic nitrogens is 2. The molecule has 0 amide bonds. The van der Waals surface area contributed by atoms with E-state index in [1.165, 1.54) is 21.6 Å². The van der Waals surface area contributed by atoms with E-state index in [9.17, 15) is 0 Å². The fraction of sp³-hybridized carbons (Fsp3) is 0.200. The van der Waals surface area contributed by atoms with Crippen molar-refractivity contribution >= 4 is 33.3 Å². The first-order valence-corrected chi connectivity index (χ1v) is 15.8. The first kappa shape index (κ1) is 32.5. The second-order valence-corrected chi connectivity index (χ2v) is 14.0. The van der Waals surface area contributed by atoms with Crippen molar-refractivity contribution in [3.8, 4) is 33.0 Å². The number of thiophene rings is 1. The van der Waals surface area contributed by atoms with E-state index in [1.807, 2.05) is 42.7 Å². The van der Waals surface area contributed by atoms with Gasteiger partial charge in [-0.2, -0.15) is 0 Å². The Morgan fingerprint density at radius 3 is 2.02 bits per heavy atom. The number of para-hydroxylation sites is 1. The third-order valence-electron chi connectivity index (χ3n) is 7.73. The van der Waals surface area contributed by atoms with Gasteiger partial charge in [-0.15, -0.1) is 59.4 Å². The standard InChI is InChI=1S/C21H18NO.C19H18NS.Ir/c1-21(2,3)14-11-12-22-18(13-14)17-9-6-8-16-15-7-4-5-10-19(15)23-20(16)17;1-19(2,3)16-9-10-20-17(13-16)14-6-4-7-15(12-14)18-8-5-11-21-18;/h4-8,10-13H,1-3H3;4-5,7-13H,1-3H3;/q2*-1;. The van der Waals surface area contributed by atoms with E-state index in [2.05, 4.69) is 130 Å². The van der Waals surface area contributed by atoms with Gasteiger partial charge in [0, 0.05) is 42.8 Å². The van der Waals surface area contributed by atoms with Crippen LogP contribution in [0.3, 0.4) is 0 Å². The van der Waals surface area contributed by atoms with Crippen LogP contribution in [0.25, 0.3) is 54.9 Å². The zero-order chi connectivity index (χ0) is 30.9. The van der Waals surface area contributed by atoms with Crippen LogP contribution in [0.15, 0.2) is 113 Å². The van der Waals surface area contributed by atoms with Crippen molar-refractivity contribution in [2.45, 2.75) is 52.4 Å². The number of rotatable bonds is 3. The molecule has 1 radical (unpaired) electrons. The second kappa shape index (κ2) is 13.2. The molecule has 5 heteroatoms. The van der Waals surface area contributed by atoms with E-state index in [0.29, 0.717) is 0 Å². The van der Waals surface area contributed by atoms with Crippen LogP contribution in [0.2, 0.25) is 0 Å². The maximum absolute atomic E-state index is 6.09. The number of benzene rings is 3. The molecular formula is C40H36IrN2OS-2. The van der Waals surface area contributed by atoms with Crippen LogP contribution >= 0.6 is 11.3 Å². The average Bonchev–Trinajstić information content (AvgIpc) is 3.70. The summed E-state index contributed by atoms with van der Waals surface area (Å²) in [6.45, 7) is 13.3. The van der Waals surface area contributed by atoms with Crippen LogP contribution in [-0.4, -0.2) is 9.97 Å². The Morgan fingerprint density at radius 2 is 1.33 bits per heavy atom. The van der Waals surface area contributed by atoms with Crippen molar-refractivity contribution in [3.05, 3.63) is 132 Å². The Bertz CT molecular complexity index is 2050. The van der Waals surface area contributed by atoms with Crippen molar-refractivity contribution in [2.24, 2.45) is 0 Å². The molecule has 4 aromatic heterocycles. The monoisotopic (exact) mass is 785 g/mol. The van der Waals surface area contributed by atoms with Gasteiger partial charge in [0.2, 0.25) is 0 Å². The smallest absolute Gasteiger partial charge is 0.120 e. The summed E-state index contributed by atoms with van der Waals surface area (Å²) in [5, 5.41) is 4.34. The van der Waals surface area contributed by atoms with Crippen LogP contribution < -0.4 is 0 Å². The fourth-order valence-electron chi connectivity index (χ4n) is 5.17. The fourth-order valence-corrected chi connectivity index (χ4v) is 5.89. The molecular weight excluding hydrogens is 749 g/mol. The van der Waals surface area contributed by atoms with Crippen molar-refractivity contribution in [2.75, 3.05) is 0 Å². The Morgan fingerprint density at radius 1 is 0.667 bits per heavy atom. The predicted molar refractivity (Wildman–Crippen MR) is 185 cm³/mol. The summed E-state index contributed by atoms with van der Waals surface area (Å²) in [4.78, 5) is 10.3. The molecule has 7 aromatic rings. The summed E-state index contributed by atoms with van der Waals surface area (Å²) < 4.78 is 6.09. The Hall–Kier alpha value is -3.89. The van der Waals surface area contributed by atoms with Gasteiger partial charge in [0.25, 0.3) is 0 Å². The quantitative estimate of drug-likeness (QED) is 0.168. The van der Waals surface area contributed by atoms with Gasteiger partial charge < -0.3 is 14.4 Å². The van der Waals surface area contributed by atoms with Gasteiger partial charge in [0.15, 0.2) is 0 Å². The van der Waals surface area contributed by atoms with Crippen LogP contribution in [0.5, 0.6) is 0 Å². The average molecular weight is 785 g/mol. The van der Waals surface area contributed by atoms with E-state index in [4.69, 9.17) is 4.42 Å². The van der Waals surface area contributed by atoms with E-state index < -0.39 is 0 Å². The molecule has 3 nitrogen and oxygen atoms in total.